The Kier molecular flexibility index (Phi) is 5.02. The monoisotopic (exact) mass is 235 g/mol. The van der Waals surface area contributed by atoms with Gasteiger partial charge in [0.1, 0.15) is 9.84 Å². The van der Waals surface area contributed by atoms with Gasteiger partial charge >= 0.3 is 0 Å². The molecule has 0 aromatic heterocycles. The van der Waals surface area contributed by atoms with Crippen molar-refractivity contribution in [1.29, 1.82) is 0 Å². The molecule has 1 saturated carbocycles. The summed E-state index contributed by atoms with van der Waals surface area (Å²) in [5, 5.41) is 3.28. The number of hydrogen-bond acceptors (Lipinski definition) is 4. The van der Waals surface area contributed by atoms with E-state index in [0.717, 1.165) is 25.7 Å². The zero-order chi connectivity index (χ0) is 11.3. The molecular formula is C10H21NO3S. The van der Waals surface area contributed by atoms with Crippen molar-refractivity contribution in [2.75, 3.05) is 25.7 Å². The third-order valence-electron chi connectivity index (χ3n) is 2.87. The summed E-state index contributed by atoms with van der Waals surface area (Å²) in [6.07, 6.45) is 6.03. The fourth-order valence-corrected chi connectivity index (χ4v) is 2.48. The first-order valence-electron chi connectivity index (χ1n) is 5.45. The molecule has 2 unspecified atom stereocenters. The highest BCUT2D eigenvalue weighted by Gasteiger charge is 2.21. The van der Waals surface area contributed by atoms with Gasteiger partial charge in [-0.05, 0) is 25.7 Å². The highest BCUT2D eigenvalue weighted by atomic mass is 32.2. The lowest BCUT2D eigenvalue weighted by molar-refractivity contribution is 0.0592. The Morgan fingerprint density at radius 2 is 2.13 bits per heavy atom. The summed E-state index contributed by atoms with van der Waals surface area (Å²) in [5.74, 6) is 0.223. The average Bonchev–Trinajstić information content (AvgIpc) is 2.16. The predicted molar refractivity (Wildman–Crippen MR) is 60.8 cm³/mol. The Hall–Kier alpha value is -0.130. The van der Waals surface area contributed by atoms with Gasteiger partial charge in [-0.15, -0.1) is 0 Å². The number of methoxy groups -OCH3 is 1. The highest BCUT2D eigenvalue weighted by molar-refractivity contribution is 7.90. The number of ether oxygens (including phenoxy) is 1. The van der Waals surface area contributed by atoms with Crippen molar-refractivity contribution in [2.45, 2.75) is 37.8 Å². The normalized spacial score (nSPS) is 27.9. The quantitative estimate of drug-likeness (QED) is 0.757. The molecule has 0 spiro atoms. The molecule has 0 aromatic rings. The summed E-state index contributed by atoms with van der Waals surface area (Å²) >= 11 is 0. The standard InChI is InChI=1S/C10H21NO3S/c1-14-10-5-3-4-9(8-10)11-6-7-15(2,12)13/h9-11H,3-8H2,1-2H3. The van der Waals surface area contributed by atoms with E-state index in [-0.39, 0.29) is 5.75 Å². The molecule has 1 N–H and O–H groups in total. The minimum atomic E-state index is -2.84. The molecule has 2 atom stereocenters. The maximum Gasteiger partial charge on any atom is 0.148 e. The molecule has 1 rings (SSSR count). The number of rotatable bonds is 5. The lowest BCUT2D eigenvalue weighted by Gasteiger charge is -2.28. The Bertz CT molecular complexity index is 276. The van der Waals surface area contributed by atoms with E-state index < -0.39 is 9.84 Å². The fraction of sp³-hybridized carbons (Fsp3) is 1.00. The highest BCUT2D eigenvalue weighted by Crippen LogP contribution is 2.20. The van der Waals surface area contributed by atoms with E-state index in [1.54, 1.807) is 7.11 Å². The van der Waals surface area contributed by atoms with E-state index in [9.17, 15) is 8.42 Å². The minimum absolute atomic E-state index is 0.223. The van der Waals surface area contributed by atoms with Gasteiger partial charge in [0.05, 0.1) is 11.9 Å². The molecule has 0 aromatic carbocycles. The van der Waals surface area contributed by atoms with Crippen LogP contribution in [0.2, 0.25) is 0 Å². The van der Waals surface area contributed by atoms with Crippen LogP contribution in [0.5, 0.6) is 0 Å². The second-order valence-corrected chi connectivity index (χ2v) is 6.56. The van der Waals surface area contributed by atoms with Gasteiger partial charge in [0.15, 0.2) is 0 Å². The van der Waals surface area contributed by atoms with Crippen molar-refractivity contribution in [3.63, 3.8) is 0 Å². The van der Waals surface area contributed by atoms with Crippen LogP contribution in [-0.4, -0.2) is 46.2 Å². The van der Waals surface area contributed by atoms with E-state index in [0.29, 0.717) is 18.7 Å². The van der Waals surface area contributed by atoms with Crippen LogP contribution in [0.1, 0.15) is 25.7 Å². The summed E-state index contributed by atoms with van der Waals surface area (Å²) in [6.45, 7) is 0.555. The van der Waals surface area contributed by atoms with Crippen molar-refractivity contribution in [2.24, 2.45) is 0 Å². The second kappa shape index (κ2) is 5.82. The van der Waals surface area contributed by atoms with Crippen molar-refractivity contribution in [1.82, 2.24) is 5.32 Å². The molecule has 0 amide bonds. The topological polar surface area (TPSA) is 55.4 Å². The smallest absolute Gasteiger partial charge is 0.148 e. The van der Waals surface area contributed by atoms with Crippen LogP contribution in [0.25, 0.3) is 0 Å². The van der Waals surface area contributed by atoms with Crippen LogP contribution in [0.4, 0.5) is 0 Å². The molecule has 15 heavy (non-hydrogen) atoms. The molecule has 90 valence electrons. The van der Waals surface area contributed by atoms with Crippen molar-refractivity contribution < 1.29 is 13.2 Å². The third-order valence-corrected chi connectivity index (χ3v) is 3.81. The SMILES string of the molecule is COC1CCCC(NCCS(C)(=O)=O)C1. The summed E-state index contributed by atoms with van der Waals surface area (Å²) in [6, 6.07) is 0.422. The van der Waals surface area contributed by atoms with Crippen LogP contribution >= 0.6 is 0 Å². The molecule has 0 heterocycles. The lowest BCUT2D eigenvalue weighted by Crippen LogP contribution is -2.38. The predicted octanol–water partition coefficient (Wildman–Crippen LogP) is 0.578. The molecule has 1 aliphatic rings. The van der Waals surface area contributed by atoms with Crippen molar-refractivity contribution in [3.8, 4) is 0 Å². The van der Waals surface area contributed by atoms with Gasteiger partial charge in [0.25, 0.3) is 0 Å². The van der Waals surface area contributed by atoms with E-state index in [1.165, 1.54) is 6.26 Å². The van der Waals surface area contributed by atoms with Gasteiger partial charge in [-0.25, -0.2) is 8.42 Å². The van der Waals surface area contributed by atoms with Crippen LogP contribution in [0.3, 0.4) is 0 Å². The summed E-state index contributed by atoms with van der Waals surface area (Å²) in [7, 11) is -1.10. The number of hydrogen-bond donors (Lipinski definition) is 1. The molecule has 1 fully saturated rings. The fourth-order valence-electron chi connectivity index (χ4n) is 1.99. The largest absolute Gasteiger partial charge is 0.381 e. The molecule has 4 nitrogen and oxygen atoms in total. The minimum Gasteiger partial charge on any atom is -0.381 e. The van der Waals surface area contributed by atoms with Gasteiger partial charge in [0.2, 0.25) is 0 Å². The maximum atomic E-state index is 10.9. The Morgan fingerprint density at radius 1 is 1.40 bits per heavy atom. The Labute approximate surface area is 92.3 Å². The summed E-state index contributed by atoms with van der Waals surface area (Å²) in [4.78, 5) is 0. The van der Waals surface area contributed by atoms with Crippen LogP contribution in [-0.2, 0) is 14.6 Å². The number of sulfone groups is 1. The first kappa shape index (κ1) is 12.9. The molecule has 0 aliphatic heterocycles. The molecular weight excluding hydrogens is 214 g/mol. The van der Waals surface area contributed by atoms with E-state index >= 15 is 0 Å². The van der Waals surface area contributed by atoms with Crippen LogP contribution in [0.15, 0.2) is 0 Å². The van der Waals surface area contributed by atoms with E-state index in [1.807, 2.05) is 0 Å². The lowest BCUT2D eigenvalue weighted by atomic mass is 9.93. The Balaban J connectivity index is 2.21. The van der Waals surface area contributed by atoms with E-state index in [2.05, 4.69) is 5.32 Å². The third kappa shape index (κ3) is 5.49. The van der Waals surface area contributed by atoms with Gasteiger partial charge in [-0.1, -0.05) is 0 Å². The molecule has 0 bridgehead atoms. The first-order chi connectivity index (χ1) is 7.01. The van der Waals surface area contributed by atoms with Crippen molar-refractivity contribution in [3.05, 3.63) is 0 Å². The van der Waals surface area contributed by atoms with Gasteiger partial charge in [0, 0.05) is 26.0 Å². The molecule has 1 aliphatic carbocycles. The van der Waals surface area contributed by atoms with Crippen LogP contribution in [0, 0.1) is 0 Å². The average molecular weight is 235 g/mol. The van der Waals surface area contributed by atoms with E-state index in [4.69, 9.17) is 4.74 Å². The molecule has 0 saturated heterocycles. The van der Waals surface area contributed by atoms with Gasteiger partial charge in [-0.3, -0.25) is 0 Å². The van der Waals surface area contributed by atoms with Crippen LogP contribution < -0.4 is 5.32 Å². The van der Waals surface area contributed by atoms with Gasteiger partial charge < -0.3 is 10.1 Å². The molecule has 5 heteroatoms. The second-order valence-electron chi connectivity index (χ2n) is 4.31. The zero-order valence-corrected chi connectivity index (χ0v) is 10.3. The van der Waals surface area contributed by atoms with Crippen molar-refractivity contribution >= 4 is 9.84 Å². The Morgan fingerprint density at radius 3 is 2.73 bits per heavy atom. The maximum absolute atomic E-state index is 10.9. The summed E-state index contributed by atoms with van der Waals surface area (Å²) < 4.78 is 27.2. The molecule has 0 radical (unpaired) electrons. The first-order valence-corrected chi connectivity index (χ1v) is 7.51. The van der Waals surface area contributed by atoms with Gasteiger partial charge in [-0.2, -0.15) is 0 Å². The number of nitrogens with one attached hydrogen (secondary N) is 1. The zero-order valence-electron chi connectivity index (χ0n) is 9.53. The summed E-state index contributed by atoms with van der Waals surface area (Å²) in [5.41, 5.74) is 0.